The molecule has 11 heavy (non-hydrogen) atoms. The lowest BCUT2D eigenvalue weighted by Crippen LogP contribution is -1.82. The molecule has 0 heterocycles. The number of methoxy groups -OCH3 is 1. The maximum absolute atomic E-state index is 4.84. The van der Waals surface area contributed by atoms with Crippen LogP contribution in [-0.4, -0.2) is 7.11 Å². The lowest BCUT2D eigenvalue weighted by Gasteiger charge is -1.95. The molecule has 0 aromatic heterocycles. The van der Waals surface area contributed by atoms with Crippen molar-refractivity contribution in [3.8, 4) is 0 Å². The molecular weight excluding hydrogens is 136 g/mol. The largest absolute Gasteiger partial charge is 0.226 e. The molecule has 66 valence electrons. The van der Waals surface area contributed by atoms with Gasteiger partial charge >= 0.3 is 0 Å². The van der Waals surface area contributed by atoms with Gasteiger partial charge in [0, 0.05) is 0 Å². The summed E-state index contributed by atoms with van der Waals surface area (Å²) in [7, 11) is 1.72. The van der Waals surface area contributed by atoms with Crippen molar-refractivity contribution in [2.45, 2.75) is 51.9 Å². The third-order valence-corrected chi connectivity index (χ3v) is 1.84. The van der Waals surface area contributed by atoms with Crippen molar-refractivity contribution in [2.24, 2.45) is 0 Å². The highest BCUT2D eigenvalue weighted by Gasteiger charge is 1.95. The molecule has 0 aromatic rings. The zero-order chi connectivity index (χ0) is 8.36. The van der Waals surface area contributed by atoms with Crippen molar-refractivity contribution >= 4 is 0 Å². The maximum atomic E-state index is 4.84. The van der Waals surface area contributed by atoms with E-state index < -0.39 is 0 Å². The van der Waals surface area contributed by atoms with Crippen LogP contribution in [0.15, 0.2) is 0 Å². The second kappa shape index (κ2) is 9.83. The Balaban J connectivity index is 2.69. The quantitative estimate of drug-likeness (QED) is 0.387. The zero-order valence-electron chi connectivity index (χ0n) is 7.94. The van der Waals surface area contributed by atoms with Gasteiger partial charge in [0.1, 0.15) is 6.42 Å². The summed E-state index contributed by atoms with van der Waals surface area (Å²) in [5, 5.41) is 0. The van der Waals surface area contributed by atoms with E-state index in [2.05, 4.69) is 6.92 Å². The van der Waals surface area contributed by atoms with Crippen molar-refractivity contribution in [1.29, 1.82) is 0 Å². The first-order valence-electron chi connectivity index (χ1n) is 4.76. The Labute approximate surface area is 71.1 Å². The van der Waals surface area contributed by atoms with Gasteiger partial charge in [-0.15, -0.1) is 0 Å². The Bertz CT molecular complexity index is 53.9. The van der Waals surface area contributed by atoms with Crippen LogP contribution in [0.5, 0.6) is 0 Å². The summed E-state index contributed by atoms with van der Waals surface area (Å²) in [6.45, 7) is 4.14. The lowest BCUT2D eigenvalue weighted by atomic mass is 10.1. The van der Waals surface area contributed by atoms with Crippen molar-refractivity contribution in [3.05, 3.63) is 6.61 Å². The molecule has 0 N–H and O–H groups in total. The van der Waals surface area contributed by atoms with E-state index in [1.165, 1.54) is 38.5 Å². The van der Waals surface area contributed by atoms with Crippen molar-refractivity contribution in [1.82, 2.24) is 0 Å². The Hall–Kier alpha value is -0.170. The van der Waals surface area contributed by atoms with E-state index in [9.17, 15) is 0 Å². The van der Waals surface area contributed by atoms with Crippen LogP contribution in [0, 0.1) is 6.61 Å². The summed E-state index contributed by atoms with van der Waals surface area (Å²) in [6, 6.07) is 0. The number of hydrogen-bond donors (Lipinski definition) is 0. The highest BCUT2D eigenvalue weighted by molar-refractivity contribution is 4.50. The zero-order valence-corrected chi connectivity index (χ0v) is 7.94. The highest BCUT2D eigenvalue weighted by Crippen LogP contribution is 2.07. The molecule has 0 amide bonds. The van der Waals surface area contributed by atoms with Gasteiger partial charge in [-0.1, -0.05) is 32.6 Å². The third-order valence-electron chi connectivity index (χ3n) is 1.84. The molecule has 0 saturated carbocycles. The average molecular weight is 157 g/mol. The van der Waals surface area contributed by atoms with Crippen LogP contribution < -0.4 is 0 Å². The molecule has 0 atom stereocenters. The molecular formula is C10H21O+. The van der Waals surface area contributed by atoms with Crippen LogP contribution in [0.25, 0.3) is 0 Å². The molecule has 0 rings (SSSR count). The molecule has 0 aliphatic carbocycles. The predicted molar refractivity (Wildman–Crippen MR) is 49.3 cm³/mol. The van der Waals surface area contributed by atoms with Gasteiger partial charge in [0.25, 0.3) is 0 Å². The van der Waals surface area contributed by atoms with Crippen LogP contribution in [-0.2, 0) is 4.74 Å². The van der Waals surface area contributed by atoms with E-state index in [4.69, 9.17) is 4.74 Å². The third kappa shape index (κ3) is 9.83. The van der Waals surface area contributed by atoms with E-state index in [-0.39, 0.29) is 0 Å². The average Bonchev–Trinajstić information content (AvgIpc) is 2.03. The minimum absolute atomic E-state index is 1.11. The van der Waals surface area contributed by atoms with E-state index in [1.807, 2.05) is 6.61 Å². The number of rotatable bonds is 8. The standard InChI is InChI=1S/C10H21O/c1-3-4-5-6-7-8-9-10-11-2/h10H,3-9H2,1-2H3/q+1. The molecule has 0 radical (unpaired) electrons. The van der Waals surface area contributed by atoms with Gasteiger partial charge in [-0.05, 0) is 12.8 Å². The van der Waals surface area contributed by atoms with Crippen LogP contribution in [0.4, 0.5) is 0 Å². The Morgan fingerprint density at radius 2 is 1.64 bits per heavy atom. The topological polar surface area (TPSA) is 9.23 Å². The summed E-state index contributed by atoms with van der Waals surface area (Å²) in [5.41, 5.74) is 0. The predicted octanol–water partition coefficient (Wildman–Crippen LogP) is 3.55. The first-order chi connectivity index (χ1) is 5.41. The summed E-state index contributed by atoms with van der Waals surface area (Å²) in [4.78, 5) is 0. The lowest BCUT2D eigenvalue weighted by molar-refractivity contribution is 0.262. The number of unbranched alkanes of at least 4 members (excludes halogenated alkanes) is 6. The first-order valence-corrected chi connectivity index (χ1v) is 4.76. The normalized spacial score (nSPS) is 10.0. The van der Waals surface area contributed by atoms with Gasteiger partial charge in [0.2, 0.25) is 6.61 Å². The van der Waals surface area contributed by atoms with Gasteiger partial charge in [0.05, 0.1) is 7.11 Å². The second-order valence-corrected chi connectivity index (χ2v) is 2.96. The van der Waals surface area contributed by atoms with Crippen LogP contribution in [0.2, 0.25) is 0 Å². The highest BCUT2D eigenvalue weighted by atomic mass is 16.5. The molecule has 0 saturated heterocycles. The van der Waals surface area contributed by atoms with Crippen molar-refractivity contribution in [2.75, 3.05) is 7.11 Å². The summed E-state index contributed by atoms with van der Waals surface area (Å²) >= 11 is 0. The smallest absolute Gasteiger partial charge is 0.200 e. The minimum Gasteiger partial charge on any atom is -0.200 e. The van der Waals surface area contributed by atoms with E-state index in [0.717, 1.165) is 6.42 Å². The second-order valence-electron chi connectivity index (χ2n) is 2.96. The van der Waals surface area contributed by atoms with Gasteiger partial charge in [-0.25, -0.2) is 0 Å². The number of ether oxygens (including phenoxy) is 1. The summed E-state index contributed by atoms with van der Waals surface area (Å²) in [6.07, 6.45) is 9.30. The molecule has 1 heteroatoms. The van der Waals surface area contributed by atoms with Crippen LogP contribution in [0.1, 0.15) is 51.9 Å². The molecule has 0 bridgehead atoms. The van der Waals surface area contributed by atoms with Gasteiger partial charge in [-0.3, -0.25) is 0 Å². The Morgan fingerprint density at radius 1 is 1.00 bits per heavy atom. The molecule has 0 aliphatic heterocycles. The molecule has 0 unspecified atom stereocenters. The van der Waals surface area contributed by atoms with Crippen LogP contribution in [0.3, 0.4) is 0 Å². The molecule has 0 spiro atoms. The van der Waals surface area contributed by atoms with Crippen LogP contribution >= 0.6 is 0 Å². The molecule has 0 fully saturated rings. The van der Waals surface area contributed by atoms with Gasteiger partial charge in [-0.2, -0.15) is 4.74 Å². The number of hydrogen-bond acceptors (Lipinski definition) is 1. The van der Waals surface area contributed by atoms with Gasteiger partial charge < -0.3 is 0 Å². The fourth-order valence-corrected chi connectivity index (χ4v) is 1.13. The van der Waals surface area contributed by atoms with Gasteiger partial charge in [0.15, 0.2) is 0 Å². The van der Waals surface area contributed by atoms with E-state index >= 15 is 0 Å². The molecule has 1 nitrogen and oxygen atoms in total. The van der Waals surface area contributed by atoms with E-state index in [1.54, 1.807) is 7.11 Å². The minimum atomic E-state index is 1.11. The fraction of sp³-hybridized carbons (Fsp3) is 0.900. The Morgan fingerprint density at radius 3 is 2.27 bits per heavy atom. The monoisotopic (exact) mass is 157 g/mol. The fourth-order valence-electron chi connectivity index (χ4n) is 1.13. The van der Waals surface area contributed by atoms with E-state index in [0.29, 0.717) is 0 Å². The van der Waals surface area contributed by atoms with Crippen molar-refractivity contribution < 1.29 is 4.74 Å². The SMILES string of the molecule is CCCCCCCC[CH+]OC. The Kier molecular flexibility index (Phi) is 9.68. The first kappa shape index (κ1) is 10.8. The molecule has 0 aliphatic rings. The van der Waals surface area contributed by atoms with Crippen molar-refractivity contribution in [3.63, 3.8) is 0 Å². The summed E-state index contributed by atoms with van der Waals surface area (Å²) < 4.78 is 4.84. The summed E-state index contributed by atoms with van der Waals surface area (Å²) in [5.74, 6) is 0. The molecule has 0 aromatic carbocycles. The maximum Gasteiger partial charge on any atom is 0.226 e.